The van der Waals surface area contributed by atoms with Crippen LogP contribution >= 0.6 is 12.2 Å². The minimum atomic E-state index is -4.61. The van der Waals surface area contributed by atoms with Crippen LogP contribution in [0.1, 0.15) is 11.5 Å². The van der Waals surface area contributed by atoms with Gasteiger partial charge in [0.1, 0.15) is 17.3 Å². The third kappa shape index (κ3) is 5.54. The highest BCUT2D eigenvalue weighted by Crippen LogP contribution is 2.31. The van der Waals surface area contributed by atoms with Crippen molar-refractivity contribution in [1.29, 1.82) is 0 Å². The number of thiocarbonyl (C=S) groups is 1. The van der Waals surface area contributed by atoms with Gasteiger partial charge in [-0.25, -0.2) is 4.98 Å². The van der Waals surface area contributed by atoms with Gasteiger partial charge in [0.25, 0.3) is 0 Å². The molecule has 0 unspecified atom stereocenters. The number of morpholine rings is 1. The van der Waals surface area contributed by atoms with Gasteiger partial charge in [-0.1, -0.05) is 30.3 Å². The van der Waals surface area contributed by atoms with Gasteiger partial charge in [-0.3, -0.25) is 0 Å². The van der Waals surface area contributed by atoms with E-state index in [2.05, 4.69) is 20.6 Å². The van der Waals surface area contributed by atoms with Gasteiger partial charge in [0, 0.05) is 24.7 Å². The maximum atomic E-state index is 13.3. The maximum Gasteiger partial charge on any atom is 0.433 e. The fraction of sp³-hybridized carbons (Fsp3) is 0.286. The lowest BCUT2D eigenvalue weighted by Gasteiger charge is -2.28. The van der Waals surface area contributed by atoms with Crippen LogP contribution in [-0.2, 0) is 17.5 Å². The average molecular weight is 463 g/mol. The van der Waals surface area contributed by atoms with Gasteiger partial charge in [-0.15, -0.1) is 0 Å². The number of aromatic nitrogens is 2. The summed E-state index contributed by atoms with van der Waals surface area (Å²) < 4.78 is 51.1. The molecule has 11 heteroatoms. The molecule has 0 amide bonds. The fourth-order valence-corrected chi connectivity index (χ4v) is 3.30. The van der Waals surface area contributed by atoms with Crippen molar-refractivity contribution in [2.75, 3.05) is 36.5 Å². The zero-order chi connectivity index (χ0) is 22.6. The summed E-state index contributed by atoms with van der Waals surface area (Å²) in [5.74, 6) is 1.26. The molecular formula is C21H20F3N5O2S. The van der Waals surface area contributed by atoms with E-state index >= 15 is 0 Å². The fourth-order valence-electron chi connectivity index (χ4n) is 3.13. The predicted molar refractivity (Wildman–Crippen MR) is 117 cm³/mol. The Balaban J connectivity index is 1.42. The third-order valence-electron chi connectivity index (χ3n) is 4.71. The summed E-state index contributed by atoms with van der Waals surface area (Å²) in [5, 5.41) is 5.62. The van der Waals surface area contributed by atoms with Gasteiger partial charge in [-0.05, 0) is 24.4 Å². The molecule has 0 atom stereocenters. The van der Waals surface area contributed by atoms with Gasteiger partial charge in [-0.2, -0.15) is 18.2 Å². The van der Waals surface area contributed by atoms with Crippen LogP contribution in [0.3, 0.4) is 0 Å². The summed E-state index contributed by atoms with van der Waals surface area (Å²) in [5.41, 5.74) is -0.106. The van der Waals surface area contributed by atoms with Gasteiger partial charge in [0.2, 0.25) is 5.95 Å². The molecule has 0 radical (unpaired) electrons. The molecule has 0 aliphatic carbocycles. The topological polar surface area (TPSA) is 75.5 Å². The normalized spacial score (nSPS) is 14.3. The second kappa shape index (κ2) is 9.53. The Morgan fingerprint density at radius 2 is 1.81 bits per heavy atom. The molecule has 3 aromatic rings. The first-order valence-corrected chi connectivity index (χ1v) is 10.3. The van der Waals surface area contributed by atoms with E-state index in [1.54, 1.807) is 11.0 Å². The summed E-state index contributed by atoms with van der Waals surface area (Å²) >= 11 is 5.21. The van der Waals surface area contributed by atoms with Crippen LogP contribution in [-0.4, -0.2) is 41.4 Å². The summed E-state index contributed by atoms with van der Waals surface area (Å²) in [6, 6.07) is 14.2. The zero-order valence-corrected chi connectivity index (χ0v) is 17.7. The van der Waals surface area contributed by atoms with E-state index in [0.717, 1.165) is 11.6 Å². The summed E-state index contributed by atoms with van der Waals surface area (Å²) in [6.07, 6.45) is -4.61. The molecule has 0 spiro atoms. The monoisotopic (exact) mass is 463 g/mol. The molecule has 4 rings (SSSR count). The van der Waals surface area contributed by atoms with Crippen molar-refractivity contribution in [3.05, 3.63) is 60.0 Å². The Hall–Kier alpha value is -3.18. The molecule has 32 heavy (non-hydrogen) atoms. The second-order valence-electron chi connectivity index (χ2n) is 6.97. The number of nitrogens with one attached hydrogen (secondary N) is 2. The lowest BCUT2D eigenvalue weighted by Crippen LogP contribution is -2.37. The number of alkyl halides is 3. The van der Waals surface area contributed by atoms with Crippen LogP contribution in [0.15, 0.2) is 52.9 Å². The molecule has 0 saturated carbocycles. The second-order valence-corrected chi connectivity index (χ2v) is 7.38. The SMILES string of the molecule is FC(F)(F)c1cc(N2CCOCC2)nc(NC(=S)NCc2ccc(-c3ccccc3)o2)n1. The predicted octanol–water partition coefficient (Wildman–Crippen LogP) is 4.08. The van der Waals surface area contributed by atoms with Crippen molar-refractivity contribution in [2.45, 2.75) is 12.7 Å². The molecule has 1 aliphatic rings. The maximum absolute atomic E-state index is 13.3. The van der Waals surface area contributed by atoms with Crippen molar-refractivity contribution in [2.24, 2.45) is 0 Å². The quantitative estimate of drug-likeness (QED) is 0.549. The lowest BCUT2D eigenvalue weighted by molar-refractivity contribution is -0.141. The van der Waals surface area contributed by atoms with Crippen molar-refractivity contribution >= 4 is 29.1 Å². The summed E-state index contributed by atoms with van der Waals surface area (Å²) in [4.78, 5) is 9.51. The Morgan fingerprint density at radius 3 is 2.53 bits per heavy atom. The minimum Gasteiger partial charge on any atom is -0.459 e. The van der Waals surface area contributed by atoms with Crippen LogP contribution < -0.4 is 15.5 Å². The van der Waals surface area contributed by atoms with Gasteiger partial charge >= 0.3 is 6.18 Å². The Labute approximate surface area is 187 Å². The first-order chi connectivity index (χ1) is 15.4. The number of halogens is 3. The van der Waals surface area contributed by atoms with Crippen LogP contribution in [0.2, 0.25) is 0 Å². The molecule has 7 nitrogen and oxygen atoms in total. The third-order valence-corrected chi connectivity index (χ3v) is 4.95. The Bertz CT molecular complexity index is 1070. The van der Waals surface area contributed by atoms with E-state index < -0.39 is 11.9 Å². The number of benzene rings is 1. The van der Waals surface area contributed by atoms with Crippen molar-refractivity contribution in [3.63, 3.8) is 0 Å². The molecule has 2 aromatic heterocycles. The van der Waals surface area contributed by atoms with Crippen molar-refractivity contribution in [3.8, 4) is 11.3 Å². The number of rotatable bonds is 5. The van der Waals surface area contributed by atoms with Crippen LogP contribution in [0, 0.1) is 0 Å². The molecule has 1 saturated heterocycles. The standard InChI is InChI=1S/C21H20F3N5O2S/c22-21(23,24)17-12-18(29-8-10-30-11-9-29)27-19(26-17)28-20(32)25-13-15-6-7-16(31-15)14-4-2-1-3-5-14/h1-7,12H,8-11,13H2,(H2,25,26,27,28,32). The number of nitrogens with zero attached hydrogens (tertiary/aromatic N) is 3. The Kier molecular flexibility index (Phi) is 6.56. The first-order valence-electron chi connectivity index (χ1n) is 9.86. The van der Waals surface area contributed by atoms with Crippen molar-refractivity contribution < 1.29 is 22.3 Å². The molecule has 0 bridgehead atoms. The van der Waals surface area contributed by atoms with E-state index in [-0.39, 0.29) is 23.4 Å². The first kappa shape index (κ1) is 22.0. The molecule has 1 aromatic carbocycles. The number of anilines is 2. The molecular weight excluding hydrogens is 443 g/mol. The molecule has 1 fully saturated rings. The summed E-state index contributed by atoms with van der Waals surface area (Å²) in [7, 11) is 0. The number of hydrogen-bond donors (Lipinski definition) is 2. The highest BCUT2D eigenvalue weighted by molar-refractivity contribution is 7.80. The van der Waals surface area contributed by atoms with Crippen LogP contribution in [0.4, 0.5) is 24.9 Å². The van der Waals surface area contributed by atoms with Gasteiger partial charge in [0.05, 0.1) is 19.8 Å². The van der Waals surface area contributed by atoms with Crippen LogP contribution in [0.5, 0.6) is 0 Å². The number of ether oxygens (including phenoxy) is 1. The summed E-state index contributed by atoms with van der Waals surface area (Å²) in [6.45, 7) is 1.97. The largest absolute Gasteiger partial charge is 0.459 e. The van der Waals surface area contributed by atoms with E-state index in [1.165, 1.54) is 0 Å². The number of hydrogen-bond acceptors (Lipinski definition) is 6. The lowest BCUT2D eigenvalue weighted by atomic mass is 10.2. The molecule has 3 heterocycles. The minimum absolute atomic E-state index is 0.0786. The van der Waals surface area contributed by atoms with E-state index in [9.17, 15) is 13.2 Å². The van der Waals surface area contributed by atoms with E-state index in [1.807, 2.05) is 36.4 Å². The molecule has 1 aliphatic heterocycles. The highest BCUT2D eigenvalue weighted by Gasteiger charge is 2.34. The van der Waals surface area contributed by atoms with E-state index in [0.29, 0.717) is 37.8 Å². The molecule has 2 N–H and O–H groups in total. The molecule has 168 valence electrons. The van der Waals surface area contributed by atoms with Crippen molar-refractivity contribution in [1.82, 2.24) is 15.3 Å². The zero-order valence-electron chi connectivity index (χ0n) is 16.9. The van der Waals surface area contributed by atoms with Gasteiger partial charge < -0.3 is 24.7 Å². The average Bonchev–Trinajstić information content (AvgIpc) is 3.27. The smallest absolute Gasteiger partial charge is 0.433 e. The Morgan fingerprint density at radius 1 is 1.06 bits per heavy atom. The van der Waals surface area contributed by atoms with Gasteiger partial charge in [0.15, 0.2) is 10.8 Å². The van der Waals surface area contributed by atoms with Crippen LogP contribution in [0.25, 0.3) is 11.3 Å². The number of furan rings is 1. The highest BCUT2D eigenvalue weighted by atomic mass is 32.1. The van der Waals surface area contributed by atoms with E-state index in [4.69, 9.17) is 21.4 Å².